The summed E-state index contributed by atoms with van der Waals surface area (Å²) in [7, 11) is 0. The third-order valence-corrected chi connectivity index (χ3v) is 5.07. The molecule has 122 valence electrons. The fourth-order valence-electron chi connectivity index (χ4n) is 3.20. The molecular weight excluding hydrogens is 288 g/mol. The molecule has 1 fully saturated rings. The zero-order chi connectivity index (χ0) is 16.4. The molecule has 1 aromatic carbocycles. The van der Waals surface area contributed by atoms with E-state index in [9.17, 15) is 4.79 Å². The Bertz CT molecular complexity index is 698. The average molecular weight is 312 g/mol. The van der Waals surface area contributed by atoms with E-state index in [1.54, 1.807) is 0 Å². The molecule has 0 unspecified atom stereocenters. The zero-order valence-corrected chi connectivity index (χ0v) is 13.8. The van der Waals surface area contributed by atoms with Crippen LogP contribution in [-0.4, -0.2) is 22.0 Å². The molecule has 3 rings (SSSR count). The first-order valence-corrected chi connectivity index (χ1v) is 8.18. The number of hydrogen-bond acceptors (Lipinski definition) is 3. The lowest BCUT2D eigenvalue weighted by atomic mass is 9.66. The normalized spacial score (nSPS) is 16.0. The smallest absolute Gasteiger partial charge is 0.230 e. The number of aryl methyl sites for hydroxylation is 1. The van der Waals surface area contributed by atoms with Crippen molar-refractivity contribution in [1.82, 2.24) is 9.55 Å². The van der Waals surface area contributed by atoms with Crippen molar-refractivity contribution < 1.29 is 4.79 Å². The van der Waals surface area contributed by atoms with Crippen molar-refractivity contribution in [3.05, 3.63) is 42.0 Å². The van der Waals surface area contributed by atoms with Gasteiger partial charge in [0.1, 0.15) is 0 Å². The van der Waals surface area contributed by atoms with E-state index in [0.29, 0.717) is 6.54 Å². The van der Waals surface area contributed by atoms with Gasteiger partial charge in [0.25, 0.3) is 0 Å². The third-order valence-electron chi connectivity index (χ3n) is 5.07. The Labute approximate surface area is 136 Å². The maximum Gasteiger partial charge on any atom is 0.230 e. The highest BCUT2D eigenvalue weighted by Crippen LogP contribution is 2.44. The Balaban J connectivity index is 1.73. The van der Waals surface area contributed by atoms with Crippen LogP contribution >= 0.6 is 0 Å². The van der Waals surface area contributed by atoms with Crippen LogP contribution in [-0.2, 0) is 4.79 Å². The summed E-state index contributed by atoms with van der Waals surface area (Å²) >= 11 is 0. The van der Waals surface area contributed by atoms with Gasteiger partial charge in [-0.1, -0.05) is 6.42 Å². The van der Waals surface area contributed by atoms with Crippen molar-refractivity contribution in [2.24, 2.45) is 11.1 Å². The van der Waals surface area contributed by atoms with Gasteiger partial charge in [0.05, 0.1) is 17.4 Å². The van der Waals surface area contributed by atoms with Crippen LogP contribution in [0.2, 0.25) is 0 Å². The second-order valence-corrected chi connectivity index (χ2v) is 6.46. The largest absolute Gasteiger partial charge is 0.330 e. The number of nitrogens with two attached hydrogens (primary N) is 1. The molecule has 5 heteroatoms. The van der Waals surface area contributed by atoms with E-state index in [1.165, 1.54) is 0 Å². The summed E-state index contributed by atoms with van der Waals surface area (Å²) in [5, 5.41) is 3.05. The van der Waals surface area contributed by atoms with Gasteiger partial charge in [0.15, 0.2) is 0 Å². The highest BCUT2D eigenvalue weighted by atomic mass is 16.2. The van der Waals surface area contributed by atoms with E-state index >= 15 is 0 Å². The molecule has 5 nitrogen and oxygen atoms in total. The van der Waals surface area contributed by atoms with E-state index < -0.39 is 0 Å². The highest BCUT2D eigenvalue weighted by molar-refractivity contribution is 5.96. The van der Waals surface area contributed by atoms with Crippen LogP contribution < -0.4 is 11.1 Å². The Morgan fingerprint density at radius 1 is 1.30 bits per heavy atom. The number of nitrogens with one attached hydrogen (secondary N) is 1. The van der Waals surface area contributed by atoms with Crippen LogP contribution in [0.1, 0.15) is 37.1 Å². The number of anilines is 1. The summed E-state index contributed by atoms with van der Waals surface area (Å²) in [6.45, 7) is 4.60. The molecule has 0 saturated heterocycles. The molecule has 2 aromatic rings. The van der Waals surface area contributed by atoms with E-state index in [-0.39, 0.29) is 11.3 Å². The lowest BCUT2D eigenvalue weighted by Crippen LogP contribution is -2.43. The number of imidazole rings is 1. The van der Waals surface area contributed by atoms with Gasteiger partial charge >= 0.3 is 0 Å². The van der Waals surface area contributed by atoms with E-state index in [0.717, 1.165) is 48.4 Å². The molecule has 23 heavy (non-hydrogen) atoms. The molecule has 3 N–H and O–H groups in total. The molecule has 0 bridgehead atoms. The lowest BCUT2D eigenvalue weighted by Gasteiger charge is -2.40. The second-order valence-electron chi connectivity index (χ2n) is 6.46. The fraction of sp³-hybridized carbons (Fsp3) is 0.444. The first-order valence-electron chi connectivity index (χ1n) is 8.18. The summed E-state index contributed by atoms with van der Waals surface area (Å²) in [5.74, 6) is 0.108. The van der Waals surface area contributed by atoms with Crippen LogP contribution in [0, 0.1) is 19.3 Å². The predicted molar refractivity (Wildman–Crippen MR) is 91.6 cm³/mol. The van der Waals surface area contributed by atoms with E-state index in [2.05, 4.69) is 10.3 Å². The van der Waals surface area contributed by atoms with Gasteiger partial charge in [-0.05, 0) is 63.9 Å². The number of nitrogens with zero attached hydrogens (tertiary/aromatic N) is 2. The second kappa shape index (κ2) is 6.16. The number of carbonyl (C=O) groups excluding carboxylic acids is 1. The van der Waals surface area contributed by atoms with Crippen LogP contribution in [0.3, 0.4) is 0 Å². The zero-order valence-electron chi connectivity index (χ0n) is 13.8. The summed E-state index contributed by atoms with van der Waals surface area (Å²) < 4.78 is 2.04. The monoisotopic (exact) mass is 312 g/mol. The molecule has 1 amide bonds. The molecular formula is C18H24N4O. The van der Waals surface area contributed by atoms with E-state index in [4.69, 9.17) is 5.73 Å². The summed E-state index contributed by atoms with van der Waals surface area (Å²) in [6, 6.07) is 7.88. The van der Waals surface area contributed by atoms with Gasteiger partial charge in [-0.25, -0.2) is 4.98 Å². The first kappa shape index (κ1) is 15.7. The molecule has 0 radical (unpaired) electrons. The standard InChI is InChI=1S/C18H24N4O/c1-13-14(2)22(12-20-13)16-6-4-15(5-7-16)21-17(23)18(10-11-19)8-3-9-18/h4-7,12H,3,8-11,19H2,1-2H3,(H,21,23). The minimum Gasteiger partial charge on any atom is -0.330 e. The van der Waals surface area contributed by atoms with Crippen molar-refractivity contribution in [3.8, 4) is 5.69 Å². The van der Waals surface area contributed by atoms with Crippen molar-refractivity contribution in [2.75, 3.05) is 11.9 Å². The summed E-state index contributed by atoms with van der Waals surface area (Å²) in [5.41, 5.74) is 9.44. The fourth-order valence-corrected chi connectivity index (χ4v) is 3.20. The molecule has 0 aliphatic heterocycles. The molecule has 1 saturated carbocycles. The number of carbonyl (C=O) groups is 1. The number of benzene rings is 1. The van der Waals surface area contributed by atoms with Crippen LogP contribution in [0.25, 0.3) is 5.69 Å². The van der Waals surface area contributed by atoms with Gasteiger partial charge in [-0.2, -0.15) is 0 Å². The van der Waals surface area contributed by atoms with Gasteiger partial charge in [0, 0.05) is 17.1 Å². The molecule has 1 aliphatic rings. The van der Waals surface area contributed by atoms with Crippen LogP contribution in [0.5, 0.6) is 0 Å². The molecule has 1 aromatic heterocycles. The highest BCUT2D eigenvalue weighted by Gasteiger charge is 2.43. The van der Waals surface area contributed by atoms with Crippen molar-refractivity contribution in [1.29, 1.82) is 0 Å². The number of rotatable bonds is 5. The number of amides is 1. The maximum atomic E-state index is 12.5. The molecule has 1 heterocycles. The van der Waals surface area contributed by atoms with Gasteiger partial charge < -0.3 is 15.6 Å². The molecule has 0 spiro atoms. The SMILES string of the molecule is Cc1ncn(-c2ccc(NC(=O)C3(CCN)CCC3)cc2)c1C. The number of hydrogen-bond donors (Lipinski definition) is 2. The maximum absolute atomic E-state index is 12.5. The summed E-state index contributed by atoms with van der Waals surface area (Å²) in [6.07, 6.45) is 5.60. The van der Waals surface area contributed by atoms with Crippen molar-refractivity contribution >= 4 is 11.6 Å². The first-order chi connectivity index (χ1) is 11.1. The topological polar surface area (TPSA) is 72.9 Å². The van der Waals surface area contributed by atoms with Gasteiger partial charge in [0.2, 0.25) is 5.91 Å². The predicted octanol–water partition coefficient (Wildman–Crippen LogP) is 2.95. The van der Waals surface area contributed by atoms with Crippen LogP contribution in [0.15, 0.2) is 30.6 Å². The lowest BCUT2D eigenvalue weighted by molar-refractivity contribution is -0.130. The molecule has 1 aliphatic carbocycles. The Kier molecular flexibility index (Phi) is 4.22. The van der Waals surface area contributed by atoms with E-state index in [1.807, 2.05) is 49.0 Å². The Morgan fingerprint density at radius 2 is 2.00 bits per heavy atom. The third kappa shape index (κ3) is 2.88. The molecule has 0 atom stereocenters. The summed E-state index contributed by atoms with van der Waals surface area (Å²) in [4.78, 5) is 16.9. The minimum absolute atomic E-state index is 0.108. The van der Waals surface area contributed by atoms with Crippen molar-refractivity contribution in [3.63, 3.8) is 0 Å². The Hall–Kier alpha value is -2.14. The Morgan fingerprint density at radius 3 is 2.48 bits per heavy atom. The van der Waals surface area contributed by atoms with Crippen LogP contribution in [0.4, 0.5) is 5.69 Å². The quantitative estimate of drug-likeness (QED) is 0.891. The minimum atomic E-state index is -0.245. The number of aromatic nitrogens is 2. The van der Waals surface area contributed by atoms with Crippen molar-refractivity contribution in [2.45, 2.75) is 39.5 Å². The average Bonchev–Trinajstić information content (AvgIpc) is 2.83. The van der Waals surface area contributed by atoms with Gasteiger partial charge in [-0.3, -0.25) is 4.79 Å². The van der Waals surface area contributed by atoms with Gasteiger partial charge in [-0.15, -0.1) is 0 Å².